The largest absolute Gasteiger partial charge is 0.349 e. The molecule has 6 unspecified atom stereocenters. The molecule has 0 bridgehead atoms. The lowest BCUT2D eigenvalue weighted by Gasteiger charge is -2.45. The van der Waals surface area contributed by atoms with E-state index in [1.807, 2.05) is 0 Å². The summed E-state index contributed by atoms with van der Waals surface area (Å²) in [7, 11) is 0. The molecule has 2 heterocycles. The van der Waals surface area contributed by atoms with Crippen LogP contribution in [0, 0.1) is 29.6 Å². The maximum Gasteiger partial charge on any atom is 0.171 e. The number of ketones is 1. The lowest BCUT2D eigenvalue weighted by Crippen LogP contribution is -2.49. The van der Waals surface area contributed by atoms with Gasteiger partial charge in [0, 0.05) is 16.7 Å². The van der Waals surface area contributed by atoms with Gasteiger partial charge in [0.05, 0.1) is 18.8 Å². The van der Waals surface area contributed by atoms with E-state index in [1.54, 1.807) is 0 Å². The Kier molecular flexibility index (Phi) is 8.74. The highest BCUT2D eigenvalue weighted by molar-refractivity contribution is 5.77. The number of rotatable bonds is 4. The number of hydrogen-bond acceptors (Lipinski definition) is 5. The van der Waals surface area contributed by atoms with E-state index in [0.717, 1.165) is 0 Å². The summed E-state index contributed by atoms with van der Waals surface area (Å²) in [5, 5.41) is 3.00. The number of nitrogens with zero attached hydrogens (tertiary/aromatic N) is 3. The monoisotopic (exact) mass is 383 g/mol. The van der Waals surface area contributed by atoms with E-state index in [2.05, 4.69) is 65.4 Å². The van der Waals surface area contributed by atoms with Crippen LogP contribution in [0.15, 0.2) is 5.11 Å². The van der Waals surface area contributed by atoms with Gasteiger partial charge in [-0.3, -0.25) is 4.79 Å². The first-order chi connectivity index (χ1) is 12.4. The lowest BCUT2D eigenvalue weighted by atomic mass is 9.79. The molecule has 9 atom stereocenters. The van der Waals surface area contributed by atoms with Gasteiger partial charge in [0.15, 0.2) is 12.1 Å². The summed E-state index contributed by atoms with van der Waals surface area (Å²) in [6.45, 7) is 18.9. The summed E-state index contributed by atoms with van der Waals surface area (Å²) in [5.41, 5.74) is 7.62. The SMILES string of the molecule is CC(=O)CN=[N+]=[N-].CC1O[C@@](C)(OC2O[C@H](C)C(C)[C@H](C)C2C)C(C)C1C. The van der Waals surface area contributed by atoms with Gasteiger partial charge in [-0.25, -0.2) is 0 Å². The van der Waals surface area contributed by atoms with Crippen LogP contribution < -0.4 is 0 Å². The summed E-state index contributed by atoms with van der Waals surface area (Å²) in [6.07, 6.45) is 0.310. The van der Waals surface area contributed by atoms with Gasteiger partial charge in [-0.1, -0.05) is 39.7 Å². The Morgan fingerprint density at radius 1 is 1.04 bits per heavy atom. The first-order valence-corrected chi connectivity index (χ1v) is 9.96. The minimum absolute atomic E-state index is 0.0313. The van der Waals surface area contributed by atoms with Crippen molar-refractivity contribution in [2.24, 2.45) is 34.7 Å². The Morgan fingerprint density at radius 3 is 2.04 bits per heavy atom. The number of Topliss-reactive ketones (excluding diaryl/α,β-unsaturated/α-hetero) is 1. The molecule has 2 fully saturated rings. The second-order valence-electron chi connectivity index (χ2n) is 8.48. The lowest BCUT2D eigenvalue weighted by molar-refractivity contribution is -0.343. The van der Waals surface area contributed by atoms with Gasteiger partial charge >= 0.3 is 0 Å². The number of ether oxygens (including phenoxy) is 3. The summed E-state index contributed by atoms with van der Waals surface area (Å²) >= 11 is 0. The molecular weight excluding hydrogens is 346 g/mol. The molecule has 0 N–H and O–H groups in total. The molecule has 27 heavy (non-hydrogen) atoms. The fourth-order valence-corrected chi connectivity index (χ4v) is 3.71. The van der Waals surface area contributed by atoms with Gasteiger partial charge in [-0.15, -0.1) is 0 Å². The Hall–Kier alpha value is -1.14. The summed E-state index contributed by atoms with van der Waals surface area (Å²) in [6, 6.07) is 0. The van der Waals surface area contributed by atoms with Crippen molar-refractivity contribution in [1.29, 1.82) is 0 Å². The molecule has 0 saturated carbocycles. The highest BCUT2D eigenvalue weighted by Crippen LogP contribution is 2.44. The second kappa shape index (κ2) is 9.87. The predicted molar refractivity (Wildman–Crippen MR) is 105 cm³/mol. The normalized spacial score (nSPS) is 44.0. The number of carbonyl (C=O) groups is 1. The molecule has 2 saturated heterocycles. The fraction of sp³-hybridized carbons (Fsp3) is 0.950. The number of carbonyl (C=O) groups excluding carboxylic acids is 1. The van der Waals surface area contributed by atoms with Crippen LogP contribution >= 0.6 is 0 Å². The van der Waals surface area contributed by atoms with Crippen LogP contribution in [0.2, 0.25) is 0 Å². The molecule has 2 rings (SSSR count). The molecule has 0 radical (unpaired) electrons. The van der Waals surface area contributed by atoms with Crippen molar-refractivity contribution in [3.05, 3.63) is 10.4 Å². The Balaban J connectivity index is 0.000000445. The van der Waals surface area contributed by atoms with Crippen molar-refractivity contribution in [3.8, 4) is 0 Å². The minimum atomic E-state index is -0.530. The van der Waals surface area contributed by atoms with E-state index in [-0.39, 0.29) is 30.8 Å². The van der Waals surface area contributed by atoms with Crippen LogP contribution in [0.5, 0.6) is 0 Å². The number of azide groups is 1. The fourth-order valence-electron chi connectivity index (χ4n) is 3.71. The van der Waals surface area contributed by atoms with E-state index < -0.39 is 5.79 Å². The average molecular weight is 384 g/mol. The van der Waals surface area contributed by atoms with Gasteiger partial charge in [0.2, 0.25) is 0 Å². The van der Waals surface area contributed by atoms with Crippen LogP contribution in [-0.2, 0) is 19.0 Å². The molecule has 0 spiro atoms. The van der Waals surface area contributed by atoms with E-state index in [1.165, 1.54) is 6.92 Å². The van der Waals surface area contributed by atoms with Crippen molar-refractivity contribution in [2.45, 2.75) is 86.6 Å². The van der Waals surface area contributed by atoms with Gasteiger partial charge < -0.3 is 14.2 Å². The van der Waals surface area contributed by atoms with Crippen molar-refractivity contribution in [1.82, 2.24) is 0 Å². The third kappa shape index (κ3) is 5.92. The van der Waals surface area contributed by atoms with Crippen molar-refractivity contribution in [3.63, 3.8) is 0 Å². The molecule has 2 aliphatic rings. The Morgan fingerprint density at radius 2 is 1.63 bits per heavy atom. The smallest absolute Gasteiger partial charge is 0.171 e. The van der Waals surface area contributed by atoms with Crippen LogP contribution in [-0.4, -0.2) is 36.6 Å². The molecule has 7 nitrogen and oxygen atoms in total. The molecule has 0 aromatic carbocycles. The third-order valence-corrected chi connectivity index (χ3v) is 6.66. The van der Waals surface area contributed by atoms with E-state index in [9.17, 15) is 4.79 Å². The predicted octanol–water partition coefficient (Wildman–Crippen LogP) is 4.95. The maximum absolute atomic E-state index is 9.94. The molecule has 156 valence electrons. The summed E-state index contributed by atoms with van der Waals surface area (Å²) in [4.78, 5) is 12.3. The zero-order valence-electron chi connectivity index (χ0n) is 18.3. The van der Waals surface area contributed by atoms with Crippen molar-refractivity contribution in [2.75, 3.05) is 6.54 Å². The quantitative estimate of drug-likeness (QED) is 0.390. The molecule has 7 heteroatoms. The van der Waals surface area contributed by atoms with Crippen LogP contribution in [0.3, 0.4) is 0 Å². The topological polar surface area (TPSA) is 93.5 Å². The van der Waals surface area contributed by atoms with Gasteiger partial charge in [0.25, 0.3) is 0 Å². The van der Waals surface area contributed by atoms with Gasteiger partial charge in [0.1, 0.15) is 5.78 Å². The molecule has 2 aliphatic heterocycles. The molecule has 0 amide bonds. The van der Waals surface area contributed by atoms with Crippen LogP contribution in [0.25, 0.3) is 10.4 Å². The molecular formula is C20H37N3O4. The molecule has 0 aromatic heterocycles. The average Bonchev–Trinajstić information content (AvgIpc) is 2.79. The highest BCUT2D eigenvalue weighted by Gasteiger charge is 2.50. The van der Waals surface area contributed by atoms with E-state index in [4.69, 9.17) is 19.7 Å². The minimum Gasteiger partial charge on any atom is -0.349 e. The van der Waals surface area contributed by atoms with E-state index >= 15 is 0 Å². The zero-order valence-corrected chi connectivity index (χ0v) is 18.3. The van der Waals surface area contributed by atoms with Crippen molar-refractivity contribution >= 4 is 5.78 Å². The summed E-state index contributed by atoms with van der Waals surface area (Å²) < 4.78 is 18.6. The van der Waals surface area contributed by atoms with Crippen molar-refractivity contribution < 1.29 is 19.0 Å². The second-order valence-corrected chi connectivity index (χ2v) is 8.48. The van der Waals surface area contributed by atoms with E-state index in [0.29, 0.717) is 29.6 Å². The Bertz CT molecular complexity index is 551. The van der Waals surface area contributed by atoms with Gasteiger partial charge in [-0.2, -0.15) is 0 Å². The highest BCUT2D eigenvalue weighted by atomic mass is 16.8. The standard InChI is InChI=1S/C17H32O3.C3H5N3O/c1-9-10(2)14(6)18-16(11(9)3)20-17(8)13(5)12(4)15(7)19-17;1-3(7)2-5-6-4/h9-16H,1-8H3;2H2,1H3/t9-,10?,11?,12?,13?,14+,15?,16?,17-;/m0./s1. The van der Waals surface area contributed by atoms with Crippen LogP contribution in [0.4, 0.5) is 0 Å². The third-order valence-electron chi connectivity index (χ3n) is 6.66. The molecule has 0 aromatic rings. The Labute approximate surface area is 163 Å². The van der Waals surface area contributed by atoms with Gasteiger partial charge in [-0.05, 0) is 51.0 Å². The first-order valence-electron chi connectivity index (χ1n) is 9.96. The van der Waals surface area contributed by atoms with Crippen LogP contribution in [0.1, 0.15) is 62.3 Å². The number of hydrogen-bond donors (Lipinski definition) is 0. The zero-order chi connectivity index (χ0) is 20.9. The maximum atomic E-state index is 9.94. The first kappa shape index (κ1) is 23.9. The summed E-state index contributed by atoms with van der Waals surface area (Å²) in [5.74, 6) is 1.79. The molecule has 0 aliphatic carbocycles.